The van der Waals surface area contributed by atoms with Gasteiger partial charge in [0.2, 0.25) is 0 Å². The smallest absolute Gasteiger partial charge is 0.332 e. The van der Waals surface area contributed by atoms with Crippen molar-refractivity contribution < 1.29 is 19.4 Å². The van der Waals surface area contributed by atoms with Crippen LogP contribution in [0, 0.1) is 0 Å². The topological polar surface area (TPSA) is 66.8 Å². The second kappa shape index (κ2) is 6.99. The fraction of sp³-hybridized carbons (Fsp3) is 0.833. The molecule has 0 spiro atoms. The number of hydrogen-bond acceptors (Lipinski definition) is 4. The van der Waals surface area contributed by atoms with Crippen molar-refractivity contribution in [2.75, 3.05) is 19.1 Å². The Balaban J connectivity index is 2.56. The van der Waals surface area contributed by atoms with E-state index in [0.717, 1.165) is 12.2 Å². The van der Waals surface area contributed by atoms with Crippen molar-refractivity contribution in [1.29, 1.82) is 0 Å². The lowest BCUT2D eigenvalue weighted by Gasteiger charge is -2.28. The molecule has 1 unspecified atom stereocenters. The Morgan fingerprint density at radius 3 is 2.50 bits per heavy atom. The minimum Gasteiger partial charge on any atom is -0.479 e. The van der Waals surface area contributed by atoms with Crippen LogP contribution in [0.2, 0.25) is 0 Å². The van der Waals surface area contributed by atoms with Crippen LogP contribution in [-0.4, -0.2) is 59.2 Å². The molecule has 0 aromatic carbocycles. The molecule has 0 aromatic rings. The second-order valence-electron chi connectivity index (χ2n) is 4.50. The third kappa shape index (κ3) is 3.62. The van der Waals surface area contributed by atoms with Crippen LogP contribution in [0.3, 0.4) is 0 Å². The first kappa shape index (κ1) is 15.3. The van der Waals surface area contributed by atoms with Crippen LogP contribution in [0.15, 0.2) is 0 Å². The van der Waals surface area contributed by atoms with Gasteiger partial charge in [-0.05, 0) is 25.5 Å². The molecule has 1 heterocycles. The van der Waals surface area contributed by atoms with Crippen molar-refractivity contribution in [2.45, 2.75) is 44.4 Å². The molecule has 1 amide bonds. The van der Waals surface area contributed by atoms with Crippen LogP contribution >= 0.6 is 11.8 Å². The largest absolute Gasteiger partial charge is 0.479 e. The minimum atomic E-state index is -0.982. The molecule has 1 N–H and O–H groups in total. The predicted octanol–water partition coefficient (Wildman–Crippen LogP) is 1.22. The van der Waals surface area contributed by atoms with Crippen molar-refractivity contribution >= 4 is 23.6 Å². The van der Waals surface area contributed by atoms with Crippen molar-refractivity contribution in [2.24, 2.45) is 0 Å². The SMILES string of the molecule is CCC(CSC)N(C)C(=O)[C@@H]1CC[C@H](C(=O)O)O1. The maximum atomic E-state index is 12.2. The number of carboxylic acid groups (broad SMARTS) is 1. The van der Waals surface area contributed by atoms with E-state index in [4.69, 9.17) is 9.84 Å². The Labute approximate surface area is 112 Å². The zero-order valence-electron chi connectivity index (χ0n) is 11.1. The zero-order valence-corrected chi connectivity index (χ0v) is 11.9. The van der Waals surface area contributed by atoms with Crippen LogP contribution in [-0.2, 0) is 14.3 Å². The third-order valence-corrected chi connectivity index (χ3v) is 4.01. The van der Waals surface area contributed by atoms with E-state index >= 15 is 0 Å². The Bertz CT molecular complexity index is 310. The maximum Gasteiger partial charge on any atom is 0.332 e. The van der Waals surface area contributed by atoms with Crippen molar-refractivity contribution in [3.8, 4) is 0 Å². The average Bonchev–Trinajstić information content (AvgIpc) is 2.83. The number of rotatable bonds is 6. The zero-order chi connectivity index (χ0) is 13.7. The molecule has 0 aromatic heterocycles. The molecular weight excluding hydrogens is 254 g/mol. The molecule has 0 radical (unpaired) electrons. The lowest BCUT2D eigenvalue weighted by atomic mass is 10.1. The lowest BCUT2D eigenvalue weighted by molar-refractivity contribution is -0.154. The molecule has 104 valence electrons. The number of thioether (sulfide) groups is 1. The van der Waals surface area contributed by atoms with E-state index in [2.05, 4.69) is 0 Å². The van der Waals surface area contributed by atoms with Gasteiger partial charge in [0.25, 0.3) is 5.91 Å². The van der Waals surface area contributed by atoms with Crippen LogP contribution in [0.4, 0.5) is 0 Å². The highest BCUT2D eigenvalue weighted by Gasteiger charge is 2.37. The van der Waals surface area contributed by atoms with E-state index in [9.17, 15) is 9.59 Å². The third-order valence-electron chi connectivity index (χ3n) is 3.30. The summed E-state index contributed by atoms with van der Waals surface area (Å²) >= 11 is 1.70. The normalized spacial score (nSPS) is 24.8. The highest BCUT2D eigenvalue weighted by molar-refractivity contribution is 7.98. The number of amides is 1. The number of nitrogens with zero attached hydrogens (tertiary/aromatic N) is 1. The quantitative estimate of drug-likeness (QED) is 0.789. The number of aliphatic carboxylic acids is 1. The molecule has 0 aliphatic carbocycles. The molecule has 18 heavy (non-hydrogen) atoms. The van der Waals surface area contributed by atoms with E-state index in [0.29, 0.717) is 12.8 Å². The Morgan fingerprint density at radius 1 is 1.44 bits per heavy atom. The fourth-order valence-corrected chi connectivity index (χ4v) is 2.95. The molecule has 0 saturated carbocycles. The molecule has 1 rings (SSSR count). The fourth-order valence-electron chi connectivity index (χ4n) is 2.10. The summed E-state index contributed by atoms with van der Waals surface area (Å²) in [5.74, 6) is -0.197. The lowest BCUT2D eigenvalue weighted by Crippen LogP contribution is -2.44. The number of likely N-dealkylation sites (N-methyl/N-ethyl adjacent to an activating group) is 1. The number of carbonyl (C=O) groups excluding carboxylic acids is 1. The van der Waals surface area contributed by atoms with Crippen LogP contribution in [0.25, 0.3) is 0 Å². The van der Waals surface area contributed by atoms with E-state index in [-0.39, 0.29) is 11.9 Å². The van der Waals surface area contributed by atoms with Gasteiger partial charge in [0.1, 0.15) is 6.10 Å². The van der Waals surface area contributed by atoms with E-state index < -0.39 is 18.2 Å². The maximum absolute atomic E-state index is 12.2. The Hall–Kier alpha value is -0.750. The van der Waals surface area contributed by atoms with Crippen LogP contribution < -0.4 is 0 Å². The summed E-state index contributed by atoms with van der Waals surface area (Å²) in [5.41, 5.74) is 0. The molecule has 5 nitrogen and oxygen atoms in total. The first-order valence-electron chi connectivity index (χ1n) is 6.15. The van der Waals surface area contributed by atoms with Gasteiger partial charge in [0, 0.05) is 18.8 Å². The number of hydrogen-bond donors (Lipinski definition) is 1. The van der Waals surface area contributed by atoms with Crippen LogP contribution in [0.5, 0.6) is 0 Å². The molecule has 0 bridgehead atoms. The van der Waals surface area contributed by atoms with Crippen LogP contribution in [0.1, 0.15) is 26.2 Å². The number of ether oxygens (including phenoxy) is 1. The van der Waals surface area contributed by atoms with Crippen molar-refractivity contribution in [1.82, 2.24) is 4.90 Å². The Morgan fingerprint density at radius 2 is 2.06 bits per heavy atom. The summed E-state index contributed by atoms with van der Waals surface area (Å²) in [6.45, 7) is 2.04. The highest BCUT2D eigenvalue weighted by atomic mass is 32.2. The van der Waals surface area contributed by atoms with Gasteiger partial charge in [-0.3, -0.25) is 4.79 Å². The molecule has 6 heteroatoms. The first-order valence-corrected chi connectivity index (χ1v) is 7.54. The molecule has 1 saturated heterocycles. The standard InChI is InChI=1S/C12H21NO4S/c1-4-8(7-18-3)13(2)11(14)9-5-6-10(17-9)12(15)16/h8-10H,4-7H2,1-3H3,(H,15,16)/t8?,9-,10+/m0/s1. The summed E-state index contributed by atoms with van der Waals surface area (Å²) in [5, 5.41) is 8.84. The van der Waals surface area contributed by atoms with Crippen molar-refractivity contribution in [3.63, 3.8) is 0 Å². The van der Waals surface area contributed by atoms with E-state index in [1.807, 2.05) is 13.2 Å². The monoisotopic (exact) mass is 275 g/mol. The molecule has 1 aliphatic heterocycles. The minimum absolute atomic E-state index is 0.0975. The summed E-state index contributed by atoms with van der Waals surface area (Å²) in [7, 11) is 1.77. The van der Waals surface area contributed by atoms with Gasteiger partial charge >= 0.3 is 5.97 Å². The summed E-state index contributed by atoms with van der Waals surface area (Å²) in [4.78, 5) is 24.7. The average molecular weight is 275 g/mol. The highest BCUT2D eigenvalue weighted by Crippen LogP contribution is 2.22. The summed E-state index contributed by atoms with van der Waals surface area (Å²) in [6, 6.07) is 0.181. The van der Waals surface area contributed by atoms with Gasteiger partial charge < -0.3 is 14.7 Å². The Kier molecular flexibility index (Phi) is 5.95. The molecular formula is C12H21NO4S. The van der Waals surface area contributed by atoms with Gasteiger partial charge in [0.15, 0.2) is 6.10 Å². The van der Waals surface area contributed by atoms with Crippen molar-refractivity contribution in [3.05, 3.63) is 0 Å². The van der Waals surface area contributed by atoms with E-state index in [1.165, 1.54) is 0 Å². The molecule has 3 atom stereocenters. The second-order valence-corrected chi connectivity index (χ2v) is 5.41. The van der Waals surface area contributed by atoms with Gasteiger partial charge in [-0.15, -0.1) is 0 Å². The van der Waals surface area contributed by atoms with Gasteiger partial charge in [-0.1, -0.05) is 6.92 Å². The van der Waals surface area contributed by atoms with Gasteiger partial charge in [-0.2, -0.15) is 11.8 Å². The van der Waals surface area contributed by atoms with E-state index in [1.54, 1.807) is 23.7 Å². The summed E-state index contributed by atoms with van der Waals surface area (Å²) < 4.78 is 5.28. The molecule has 1 fully saturated rings. The predicted molar refractivity (Wildman–Crippen MR) is 70.8 cm³/mol. The summed E-state index contributed by atoms with van der Waals surface area (Å²) in [6.07, 6.45) is 2.39. The number of carboxylic acids is 1. The first-order chi connectivity index (χ1) is 8.51. The molecule has 1 aliphatic rings. The van der Waals surface area contributed by atoms with Gasteiger partial charge in [0.05, 0.1) is 0 Å². The number of carbonyl (C=O) groups is 2. The van der Waals surface area contributed by atoms with Gasteiger partial charge in [-0.25, -0.2) is 4.79 Å².